The second kappa shape index (κ2) is 8.49. The molecule has 2 aromatic rings. The molecule has 6 heteroatoms. The number of nitrogens with zero attached hydrogens (tertiary/aromatic N) is 1. The highest BCUT2D eigenvalue weighted by Crippen LogP contribution is 2.21. The van der Waals surface area contributed by atoms with Gasteiger partial charge in [-0.2, -0.15) is 0 Å². The third kappa shape index (κ3) is 4.73. The van der Waals surface area contributed by atoms with Crippen molar-refractivity contribution in [1.29, 1.82) is 0 Å². The van der Waals surface area contributed by atoms with Crippen molar-refractivity contribution in [2.75, 3.05) is 25.5 Å². The molecule has 1 aliphatic rings. The molecule has 0 spiro atoms. The number of nitrogens with one attached hydrogen (secondary N) is 1. The highest BCUT2D eigenvalue weighted by atomic mass is 16.5. The molecule has 1 heterocycles. The zero-order valence-electron chi connectivity index (χ0n) is 15.2. The molecular formula is C21H22N2O4. The van der Waals surface area contributed by atoms with E-state index in [1.54, 1.807) is 29.2 Å². The molecule has 3 rings (SSSR count). The van der Waals surface area contributed by atoms with Gasteiger partial charge >= 0.3 is 5.97 Å². The minimum Gasteiger partial charge on any atom is -0.465 e. The second-order valence-electron chi connectivity index (χ2n) is 6.54. The van der Waals surface area contributed by atoms with Crippen LogP contribution in [0.4, 0.5) is 5.69 Å². The van der Waals surface area contributed by atoms with Gasteiger partial charge in [0.1, 0.15) is 0 Å². The van der Waals surface area contributed by atoms with E-state index in [4.69, 9.17) is 0 Å². The predicted molar refractivity (Wildman–Crippen MR) is 101 cm³/mol. The first-order chi connectivity index (χ1) is 13.1. The number of esters is 1. The van der Waals surface area contributed by atoms with Gasteiger partial charge in [-0.25, -0.2) is 4.79 Å². The lowest BCUT2D eigenvalue weighted by atomic mass is 10.1. The lowest BCUT2D eigenvalue weighted by molar-refractivity contribution is -0.128. The number of methoxy groups -OCH3 is 1. The third-order valence-electron chi connectivity index (χ3n) is 4.65. The van der Waals surface area contributed by atoms with Gasteiger partial charge in [-0.3, -0.25) is 9.59 Å². The first kappa shape index (κ1) is 18.6. The molecule has 1 atom stereocenters. The summed E-state index contributed by atoms with van der Waals surface area (Å²) in [6.07, 6.45) is 0.972. The fourth-order valence-electron chi connectivity index (χ4n) is 3.16. The molecule has 2 aromatic carbocycles. The van der Waals surface area contributed by atoms with E-state index < -0.39 is 11.9 Å². The summed E-state index contributed by atoms with van der Waals surface area (Å²) in [5.74, 6) is -1.08. The van der Waals surface area contributed by atoms with Gasteiger partial charge in [-0.1, -0.05) is 36.4 Å². The van der Waals surface area contributed by atoms with Gasteiger partial charge in [-0.05, 0) is 30.2 Å². The van der Waals surface area contributed by atoms with Crippen molar-refractivity contribution in [2.45, 2.75) is 12.8 Å². The number of rotatable bonds is 6. The molecule has 1 N–H and O–H groups in total. The number of likely N-dealkylation sites (tertiary alicyclic amines) is 1. The average molecular weight is 366 g/mol. The Bertz CT molecular complexity index is 835. The maximum absolute atomic E-state index is 12.5. The van der Waals surface area contributed by atoms with Crippen molar-refractivity contribution in [3.8, 4) is 0 Å². The number of carbonyl (C=O) groups is 3. The van der Waals surface area contributed by atoms with Crippen LogP contribution in [-0.4, -0.2) is 42.9 Å². The number of carbonyl (C=O) groups excluding carboxylic acids is 3. The van der Waals surface area contributed by atoms with Gasteiger partial charge in [0.15, 0.2) is 0 Å². The summed E-state index contributed by atoms with van der Waals surface area (Å²) >= 11 is 0. The predicted octanol–water partition coefficient (Wildman–Crippen LogP) is 2.50. The molecule has 0 bridgehead atoms. The SMILES string of the molecule is COC(=O)c1cccc(NC(=O)C2CC(=O)N(CCc3ccccc3)C2)c1. The van der Waals surface area contributed by atoms with Crippen molar-refractivity contribution in [3.05, 3.63) is 65.7 Å². The molecule has 27 heavy (non-hydrogen) atoms. The minimum atomic E-state index is -0.464. The Kier molecular flexibility index (Phi) is 5.86. The zero-order valence-corrected chi connectivity index (χ0v) is 15.2. The first-order valence-corrected chi connectivity index (χ1v) is 8.88. The van der Waals surface area contributed by atoms with Crippen LogP contribution in [0, 0.1) is 5.92 Å². The van der Waals surface area contributed by atoms with Crippen LogP contribution in [0.2, 0.25) is 0 Å². The molecule has 6 nitrogen and oxygen atoms in total. The normalized spacial score (nSPS) is 16.3. The van der Waals surface area contributed by atoms with Crippen molar-refractivity contribution >= 4 is 23.5 Å². The van der Waals surface area contributed by atoms with Gasteiger partial charge in [0.05, 0.1) is 18.6 Å². The summed E-state index contributed by atoms with van der Waals surface area (Å²) < 4.78 is 4.68. The Labute approximate surface area is 158 Å². The number of hydrogen-bond donors (Lipinski definition) is 1. The topological polar surface area (TPSA) is 75.7 Å². The van der Waals surface area contributed by atoms with Crippen LogP contribution in [0.15, 0.2) is 54.6 Å². The number of benzene rings is 2. The van der Waals surface area contributed by atoms with Gasteiger partial charge in [0.2, 0.25) is 11.8 Å². The van der Waals surface area contributed by atoms with E-state index in [0.29, 0.717) is 24.3 Å². The number of amides is 2. The molecule has 0 aromatic heterocycles. The monoisotopic (exact) mass is 366 g/mol. The lowest BCUT2D eigenvalue weighted by Gasteiger charge is -2.16. The first-order valence-electron chi connectivity index (χ1n) is 8.88. The third-order valence-corrected chi connectivity index (χ3v) is 4.65. The van der Waals surface area contributed by atoms with E-state index in [-0.39, 0.29) is 18.2 Å². The van der Waals surface area contributed by atoms with E-state index in [1.165, 1.54) is 7.11 Å². The van der Waals surface area contributed by atoms with Crippen molar-refractivity contribution in [1.82, 2.24) is 4.90 Å². The van der Waals surface area contributed by atoms with E-state index >= 15 is 0 Å². The molecule has 1 fully saturated rings. The summed E-state index contributed by atoms with van der Waals surface area (Å²) in [5.41, 5.74) is 2.04. The van der Waals surface area contributed by atoms with Crippen LogP contribution in [0.5, 0.6) is 0 Å². The Morgan fingerprint density at radius 3 is 2.67 bits per heavy atom. The van der Waals surface area contributed by atoms with Crippen LogP contribution >= 0.6 is 0 Å². The molecule has 0 saturated carbocycles. The van der Waals surface area contributed by atoms with Crippen LogP contribution < -0.4 is 5.32 Å². The van der Waals surface area contributed by atoms with E-state index in [1.807, 2.05) is 30.3 Å². The van der Waals surface area contributed by atoms with Crippen LogP contribution in [0.3, 0.4) is 0 Å². The lowest BCUT2D eigenvalue weighted by Crippen LogP contribution is -2.30. The Balaban J connectivity index is 1.56. The minimum absolute atomic E-state index is 0.00519. The van der Waals surface area contributed by atoms with Gasteiger partial charge in [0, 0.05) is 25.2 Å². The van der Waals surface area contributed by atoms with Gasteiger partial charge < -0.3 is 15.0 Å². The van der Waals surface area contributed by atoms with Gasteiger partial charge in [-0.15, -0.1) is 0 Å². The largest absolute Gasteiger partial charge is 0.465 e. The fraction of sp³-hybridized carbons (Fsp3) is 0.286. The maximum atomic E-state index is 12.5. The molecular weight excluding hydrogens is 344 g/mol. The van der Waals surface area contributed by atoms with Crippen LogP contribution in [-0.2, 0) is 20.7 Å². The molecule has 1 saturated heterocycles. The summed E-state index contributed by atoms with van der Waals surface area (Å²) in [6, 6.07) is 16.5. The molecule has 1 aliphatic heterocycles. The summed E-state index contributed by atoms with van der Waals surface area (Å²) in [5, 5.41) is 2.79. The Morgan fingerprint density at radius 2 is 1.93 bits per heavy atom. The molecule has 0 radical (unpaired) electrons. The second-order valence-corrected chi connectivity index (χ2v) is 6.54. The zero-order chi connectivity index (χ0) is 19.2. The number of hydrogen-bond acceptors (Lipinski definition) is 4. The summed E-state index contributed by atoms with van der Waals surface area (Å²) in [7, 11) is 1.31. The Morgan fingerprint density at radius 1 is 1.15 bits per heavy atom. The summed E-state index contributed by atoms with van der Waals surface area (Å²) in [6.45, 7) is 1.01. The van der Waals surface area contributed by atoms with E-state index in [0.717, 1.165) is 12.0 Å². The smallest absolute Gasteiger partial charge is 0.337 e. The molecule has 2 amide bonds. The number of anilines is 1. The summed E-state index contributed by atoms with van der Waals surface area (Å²) in [4.78, 5) is 38.1. The molecule has 1 unspecified atom stereocenters. The van der Waals surface area contributed by atoms with E-state index in [9.17, 15) is 14.4 Å². The Hall–Kier alpha value is -3.15. The maximum Gasteiger partial charge on any atom is 0.337 e. The average Bonchev–Trinajstić information content (AvgIpc) is 3.07. The van der Waals surface area contributed by atoms with Crippen LogP contribution in [0.1, 0.15) is 22.3 Å². The van der Waals surface area contributed by atoms with E-state index in [2.05, 4.69) is 10.1 Å². The highest BCUT2D eigenvalue weighted by molar-refractivity contribution is 5.98. The quantitative estimate of drug-likeness (QED) is 0.797. The van der Waals surface area contributed by atoms with Crippen molar-refractivity contribution < 1.29 is 19.1 Å². The highest BCUT2D eigenvalue weighted by Gasteiger charge is 2.34. The standard InChI is InChI=1S/C21H22N2O4/c1-27-21(26)16-8-5-9-18(12-16)22-20(25)17-13-19(24)23(14-17)11-10-15-6-3-2-4-7-15/h2-9,12,17H,10-11,13-14H2,1H3,(H,22,25). The molecule has 140 valence electrons. The van der Waals surface area contributed by atoms with Gasteiger partial charge in [0.25, 0.3) is 0 Å². The van der Waals surface area contributed by atoms with Crippen LogP contribution in [0.25, 0.3) is 0 Å². The van der Waals surface area contributed by atoms with Crippen molar-refractivity contribution in [2.24, 2.45) is 5.92 Å². The molecule has 0 aliphatic carbocycles. The number of ether oxygens (including phenoxy) is 1. The fourth-order valence-corrected chi connectivity index (χ4v) is 3.16. The van der Waals surface area contributed by atoms with Crippen molar-refractivity contribution in [3.63, 3.8) is 0 Å².